The number of para-hydroxylation sites is 1. The van der Waals surface area contributed by atoms with Gasteiger partial charge in [-0.1, -0.05) is 48.5 Å². The minimum absolute atomic E-state index is 0.321. The highest BCUT2D eigenvalue weighted by Crippen LogP contribution is 2.15. The predicted molar refractivity (Wildman–Crippen MR) is 123 cm³/mol. The molecule has 0 unspecified atom stereocenters. The maximum atomic E-state index is 13.0. The highest BCUT2D eigenvalue weighted by molar-refractivity contribution is 5.98. The number of aromatic nitrogens is 1. The molecule has 162 valence electrons. The van der Waals surface area contributed by atoms with Gasteiger partial charge >= 0.3 is 0 Å². The fraction of sp³-hybridized carbons (Fsp3) is 0.292. The van der Waals surface area contributed by atoms with Crippen LogP contribution in [0.5, 0.6) is 0 Å². The predicted octanol–water partition coefficient (Wildman–Crippen LogP) is 2.36. The lowest BCUT2D eigenvalue weighted by Crippen LogP contribution is -2.50. The van der Waals surface area contributed by atoms with Gasteiger partial charge in [-0.3, -0.25) is 9.59 Å². The zero-order valence-corrected chi connectivity index (χ0v) is 17.5. The van der Waals surface area contributed by atoms with Gasteiger partial charge in [0.05, 0.1) is 11.6 Å². The Morgan fingerprint density at radius 1 is 0.903 bits per heavy atom. The Morgan fingerprint density at radius 2 is 1.65 bits per heavy atom. The van der Waals surface area contributed by atoms with Crippen LogP contribution in [-0.2, 0) is 16.0 Å². The smallest absolute Gasteiger partial charge is 0.248 e. The molecule has 0 saturated heterocycles. The van der Waals surface area contributed by atoms with E-state index in [1.807, 2.05) is 60.7 Å². The summed E-state index contributed by atoms with van der Waals surface area (Å²) < 4.78 is 0. The second kappa shape index (κ2) is 11.2. The summed E-state index contributed by atoms with van der Waals surface area (Å²) in [6.07, 6.45) is 2.21. The van der Waals surface area contributed by atoms with Crippen LogP contribution >= 0.6 is 0 Å². The Balaban J connectivity index is 1.71. The molecule has 0 fully saturated rings. The summed E-state index contributed by atoms with van der Waals surface area (Å²) in [5.41, 5.74) is 13.3. The third-order valence-corrected chi connectivity index (χ3v) is 5.10. The SMILES string of the molecule is NCCC[C@H](N)C(=O)N[C@H](CCc1ccccc1)C(=O)Nc1ccc2ccccc2n1. The van der Waals surface area contributed by atoms with Gasteiger partial charge in [0.1, 0.15) is 11.9 Å². The molecule has 1 aromatic heterocycles. The third-order valence-electron chi connectivity index (χ3n) is 5.10. The molecule has 0 aliphatic carbocycles. The maximum absolute atomic E-state index is 13.0. The van der Waals surface area contributed by atoms with Crippen LogP contribution in [0.2, 0.25) is 0 Å². The highest BCUT2D eigenvalue weighted by Gasteiger charge is 2.24. The number of amides is 2. The topological polar surface area (TPSA) is 123 Å². The summed E-state index contributed by atoms with van der Waals surface area (Å²) in [6.45, 7) is 0.465. The van der Waals surface area contributed by atoms with Crippen LogP contribution in [0, 0.1) is 0 Å². The molecule has 0 aliphatic heterocycles. The second-order valence-electron chi connectivity index (χ2n) is 7.50. The van der Waals surface area contributed by atoms with Crippen molar-refractivity contribution in [3.05, 3.63) is 72.3 Å². The van der Waals surface area contributed by atoms with Crippen molar-refractivity contribution in [3.63, 3.8) is 0 Å². The van der Waals surface area contributed by atoms with Crippen LogP contribution in [0.1, 0.15) is 24.8 Å². The monoisotopic (exact) mass is 419 g/mol. The maximum Gasteiger partial charge on any atom is 0.248 e. The number of carbonyl (C=O) groups is 2. The fourth-order valence-corrected chi connectivity index (χ4v) is 3.32. The molecule has 2 amide bonds. The highest BCUT2D eigenvalue weighted by atomic mass is 16.2. The number of nitrogens with zero attached hydrogens (tertiary/aromatic N) is 1. The van der Waals surface area contributed by atoms with E-state index in [1.54, 1.807) is 6.07 Å². The molecule has 0 aliphatic rings. The minimum Gasteiger partial charge on any atom is -0.343 e. The van der Waals surface area contributed by atoms with Crippen LogP contribution in [0.25, 0.3) is 10.9 Å². The zero-order chi connectivity index (χ0) is 22.1. The van der Waals surface area contributed by atoms with E-state index in [-0.39, 0.29) is 11.8 Å². The number of fused-ring (bicyclic) bond motifs is 1. The standard InChI is InChI=1S/C24H29N5O2/c25-16-6-10-19(26)23(30)28-21(14-12-17-7-2-1-3-8-17)24(31)29-22-15-13-18-9-4-5-11-20(18)27-22/h1-5,7-9,11,13,15,19,21H,6,10,12,14,16,25-26H2,(H,28,30)(H,27,29,31)/t19-,21+/m0/s1. The van der Waals surface area contributed by atoms with Gasteiger partial charge in [0.2, 0.25) is 11.8 Å². The molecule has 3 aromatic rings. The zero-order valence-electron chi connectivity index (χ0n) is 17.5. The van der Waals surface area contributed by atoms with Crippen molar-refractivity contribution >= 4 is 28.5 Å². The van der Waals surface area contributed by atoms with Crippen molar-refractivity contribution < 1.29 is 9.59 Å². The first-order valence-corrected chi connectivity index (χ1v) is 10.5. The third kappa shape index (κ3) is 6.60. The van der Waals surface area contributed by atoms with Crippen LogP contribution in [0.3, 0.4) is 0 Å². The average molecular weight is 420 g/mol. The Labute approximate surface area is 182 Å². The number of aryl methyl sites for hydroxylation is 1. The van der Waals surface area contributed by atoms with E-state index in [0.29, 0.717) is 38.0 Å². The van der Waals surface area contributed by atoms with Gasteiger partial charge in [0.25, 0.3) is 0 Å². The number of rotatable bonds is 10. The Kier molecular flexibility index (Phi) is 8.09. The van der Waals surface area contributed by atoms with E-state index in [9.17, 15) is 9.59 Å². The van der Waals surface area contributed by atoms with Crippen molar-refractivity contribution in [3.8, 4) is 0 Å². The number of pyridine rings is 1. The molecule has 6 N–H and O–H groups in total. The van der Waals surface area contributed by atoms with Gasteiger partial charge in [-0.25, -0.2) is 4.98 Å². The van der Waals surface area contributed by atoms with Gasteiger partial charge in [-0.2, -0.15) is 0 Å². The van der Waals surface area contributed by atoms with E-state index in [4.69, 9.17) is 11.5 Å². The number of benzene rings is 2. The molecule has 0 spiro atoms. The quantitative estimate of drug-likeness (QED) is 0.402. The van der Waals surface area contributed by atoms with Gasteiger partial charge in [-0.05, 0) is 56.0 Å². The number of carbonyl (C=O) groups excluding carboxylic acids is 2. The van der Waals surface area contributed by atoms with E-state index in [0.717, 1.165) is 16.5 Å². The summed E-state index contributed by atoms with van der Waals surface area (Å²) in [5, 5.41) is 6.63. The largest absolute Gasteiger partial charge is 0.343 e. The lowest BCUT2D eigenvalue weighted by Gasteiger charge is -2.21. The minimum atomic E-state index is -0.732. The molecule has 2 atom stereocenters. The van der Waals surface area contributed by atoms with E-state index >= 15 is 0 Å². The first-order valence-electron chi connectivity index (χ1n) is 10.5. The van der Waals surface area contributed by atoms with Gasteiger partial charge in [-0.15, -0.1) is 0 Å². The van der Waals surface area contributed by atoms with Crippen molar-refractivity contribution in [1.29, 1.82) is 0 Å². The summed E-state index contributed by atoms with van der Waals surface area (Å²) in [4.78, 5) is 30.0. The molecular weight excluding hydrogens is 390 g/mol. The number of nitrogens with one attached hydrogen (secondary N) is 2. The Bertz CT molecular complexity index is 1010. The van der Waals surface area contributed by atoms with Crippen molar-refractivity contribution in [1.82, 2.24) is 10.3 Å². The van der Waals surface area contributed by atoms with Crippen molar-refractivity contribution in [2.75, 3.05) is 11.9 Å². The number of hydrogen-bond donors (Lipinski definition) is 4. The first kappa shape index (κ1) is 22.4. The molecule has 7 nitrogen and oxygen atoms in total. The van der Waals surface area contributed by atoms with Crippen molar-refractivity contribution in [2.45, 2.75) is 37.8 Å². The van der Waals surface area contributed by atoms with Crippen molar-refractivity contribution in [2.24, 2.45) is 11.5 Å². The normalized spacial score (nSPS) is 12.8. The molecule has 0 bridgehead atoms. The number of anilines is 1. The summed E-state index contributed by atoms with van der Waals surface area (Å²) in [5.74, 6) is -0.235. The van der Waals surface area contributed by atoms with Crippen LogP contribution < -0.4 is 22.1 Å². The van der Waals surface area contributed by atoms with Gasteiger partial charge in [0.15, 0.2) is 0 Å². The Morgan fingerprint density at radius 3 is 2.42 bits per heavy atom. The average Bonchev–Trinajstić information content (AvgIpc) is 2.80. The molecule has 1 heterocycles. The van der Waals surface area contributed by atoms with Crippen LogP contribution in [-0.4, -0.2) is 35.4 Å². The second-order valence-corrected chi connectivity index (χ2v) is 7.50. The molecule has 2 aromatic carbocycles. The van der Waals surface area contributed by atoms with Gasteiger partial charge in [0, 0.05) is 5.39 Å². The lowest BCUT2D eigenvalue weighted by atomic mass is 10.0. The van der Waals surface area contributed by atoms with E-state index in [2.05, 4.69) is 15.6 Å². The molecule has 0 radical (unpaired) electrons. The number of hydrogen-bond acceptors (Lipinski definition) is 5. The lowest BCUT2D eigenvalue weighted by molar-refractivity contribution is -0.127. The Hall–Kier alpha value is -3.29. The molecule has 0 saturated carbocycles. The van der Waals surface area contributed by atoms with Crippen LogP contribution in [0.15, 0.2) is 66.7 Å². The summed E-state index contributed by atoms with van der Waals surface area (Å²) in [7, 11) is 0. The molecular formula is C24H29N5O2. The summed E-state index contributed by atoms with van der Waals surface area (Å²) in [6, 6.07) is 19.7. The molecule has 3 rings (SSSR count). The fourth-order valence-electron chi connectivity index (χ4n) is 3.32. The number of nitrogens with two attached hydrogens (primary N) is 2. The summed E-state index contributed by atoms with van der Waals surface area (Å²) >= 11 is 0. The first-order chi connectivity index (χ1) is 15.1. The van der Waals surface area contributed by atoms with E-state index in [1.165, 1.54) is 0 Å². The molecule has 7 heteroatoms. The van der Waals surface area contributed by atoms with Gasteiger partial charge < -0.3 is 22.1 Å². The van der Waals surface area contributed by atoms with Crippen LogP contribution in [0.4, 0.5) is 5.82 Å². The molecule has 31 heavy (non-hydrogen) atoms. The van der Waals surface area contributed by atoms with E-state index < -0.39 is 12.1 Å².